The van der Waals surface area contributed by atoms with Crippen molar-refractivity contribution in [1.29, 1.82) is 0 Å². The van der Waals surface area contributed by atoms with Gasteiger partial charge in [-0.1, -0.05) is 19.3 Å². The lowest BCUT2D eigenvalue weighted by Crippen LogP contribution is -2.46. The van der Waals surface area contributed by atoms with Gasteiger partial charge in [-0.25, -0.2) is 0 Å². The van der Waals surface area contributed by atoms with Gasteiger partial charge in [-0.05, 0) is 56.9 Å². The van der Waals surface area contributed by atoms with Gasteiger partial charge in [0.2, 0.25) is 5.91 Å². The lowest BCUT2D eigenvalue weighted by Gasteiger charge is -2.28. The van der Waals surface area contributed by atoms with Crippen molar-refractivity contribution in [2.45, 2.75) is 62.8 Å². The van der Waals surface area contributed by atoms with Crippen LogP contribution in [0.1, 0.15) is 52.4 Å². The predicted octanol–water partition coefficient (Wildman–Crippen LogP) is 4.35. The van der Waals surface area contributed by atoms with Gasteiger partial charge >= 0.3 is 0 Å². The number of nitrogens with one attached hydrogen (secondary N) is 1. The lowest BCUT2D eigenvalue weighted by molar-refractivity contribution is -0.123. The number of benzene rings is 1. The first-order chi connectivity index (χ1) is 10.4. The van der Waals surface area contributed by atoms with Gasteiger partial charge in [0.15, 0.2) is 0 Å². The molecule has 0 aliphatic heterocycles. The fourth-order valence-corrected chi connectivity index (χ4v) is 3.85. The van der Waals surface area contributed by atoms with Gasteiger partial charge in [-0.3, -0.25) is 4.79 Å². The van der Waals surface area contributed by atoms with Crippen LogP contribution in [0, 0.1) is 5.92 Å². The molecule has 1 amide bonds. The minimum atomic E-state index is -0.228. The summed E-state index contributed by atoms with van der Waals surface area (Å²) in [5, 5.41) is 12.5. The molecule has 1 fully saturated rings. The summed E-state index contributed by atoms with van der Waals surface area (Å²) in [5.74, 6) is 1.86. The summed E-state index contributed by atoms with van der Waals surface area (Å²) < 4.78 is 0. The van der Waals surface area contributed by atoms with Crippen LogP contribution < -0.4 is 5.32 Å². The number of phenols is 1. The number of carbonyl (C=O) groups excluding carboxylic acids is 1. The van der Waals surface area contributed by atoms with E-state index in [0.717, 1.165) is 10.6 Å². The van der Waals surface area contributed by atoms with Gasteiger partial charge in [0.05, 0.1) is 0 Å². The summed E-state index contributed by atoms with van der Waals surface area (Å²) in [6, 6.07) is 7.19. The molecule has 0 radical (unpaired) electrons. The first-order valence-corrected chi connectivity index (χ1v) is 9.16. The molecule has 3 nitrogen and oxygen atoms in total. The summed E-state index contributed by atoms with van der Waals surface area (Å²) in [4.78, 5) is 13.3. The largest absolute Gasteiger partial charge is 0.508 e. The van der Waals surface area contributed by atoms with E-state index in [4.69, 9.17) is 0 Å². The zero-order chi connectivity index (χ0) is 16.0. The second kappa shape index (κ2) is 7.91. The first kappa shape index (κ1) is 17.2. The number of aromatic hydroxyl groups is 1. The third-order valence-electron chi connectivity index (χ3n) is 4.11. The van der Waals surface area contributed by atoms with Gasteiger partial charge in [-0.2, -0.15) is 0 Å². The van der Waals surface area contributed by atoms with Crippen molar-refractivity contribution < 1.29 is 9.90 Å². The number of rotatable bonds is 6. The highest BCUT2D eigenvalue weighted by Crippen LogP contribution is 2.27. The third kappa shape index (κ3) is 5.91. The smallest absolute Gasteiger partial charge is 0.220 e. The van der Waals surface area contributed by atoms with E-state index >= 15 is 0 Å². The Kier molecular flexibility index (Phi) is 6.18. The molecule has 0 atom stereocenters. The highest BCUT2D eigenvalue weighted by atomic mass is 32.2. The number of phenolic OH excluding ortho intramolecular Hbond substituents is 1. The predicted molar refractivity (Wildman–Crippen MR) is 92.2 cm³/mol. The molecule has 0 aromatic heterocycles. The standard InChI is InChI=1S/C18H27NO2S/c1-18(2,13-22-16-10-8-15(20)9-11-16)19-17(21)12-14-6-4-3-5-7-14/h8-11,14,20H,3-7,12-13H2,1-2H3,(H,19,21). The number of hydrogen-bond acceptors (Lipinski definition) is 3. The maximum atomic E-state index is 12.2. The molecule has 0 heterocycles. The molecule has 0 spiro atoms. The topological polar surface area (TPSA) is 49.3 Å². The molecule has 1 aliphatic carbocycles. The average molecular weight is 321 g/mol. The van der Waals surface area contributed by atoms with Crippen LogP contribution in [-0.2, 0) is 4.79 Å². The maximum absolute atomic E-state index is 12.2. The molecule has 0 unspecified atom stereocenters. The SMILES string of the molecule is CC(C)(CSc1ccc(O)cc1)NC(=O)CC1CCCCC1. The molecule has 22 heavy (non-hydrogen) atoms. The van der Waals surface area contributed by atoms with Crippen molar-refractivity contribution in [3.8, 4) is 5.75 Å². The van der Waals surface area contributed by atoms with Gasteiger partial charge in [-0.15, -0.1) is 11.8 Å². The Morgan fingerprint density at radius 1 is 1.23 bits per heavy atom. The van der Waals surface area contributed by atoms with Crippen LogP contribution in [0.15, 0.2) is 29.2 Å². The first-order valence-electron chi connectivity index (χ1n) is 8.17. The second-order valence-electron chi connectivity index (χ2n) is 6.92. The molecular weight excluding hydrogens is 294 g/mol. The van der Waals surface area contributed by atoms with Gasteiger partial charge < -0.3 is 10.4 Å². The second-order valence-corrected chi connectivity index (χ2v) is 7.97. The van der Waals surface area contributed by atoms with E-state index in [1.54, 1.807) is 23.9 Å². The van der Waals surface area contributed by atoms with E-state index in [1.807, 2.05) is 12.1 Å². The molecule has 2 N–H and O–H groups in total. The van der Waals surface area contributed by atoms with E-state index in [9.17, 15) is 9.90 Å². The Morgan fingerprint density at radius 3 is 2.50 bits per heavy atom. The van der Waals surface area contributed by atoms with E-state index < -0.39 is 0 Å². The zero-order valence-corrected chi connectivity index (χ0v) is 14.4. The summed E-state index contributed by atoms with van der Waals surface area (Å²) in [6.07, 6.45) is 6.96. The molecule has 0 bridgehead atoms. The Bertz CT molecular complexity index is 478. The highest BCUT2D eigenvalue weighted by molar-refractivity contribution is 7.99. The maximum Gasteiger partial charge on any atom is 0.220 e. The normalized spacial score (nSPS) is 16.5. The minimum absolute atomic E-state index is 0.184. The Hall–Kier alpha value is -1.16. The Morgan fingerprint density at radius 2 is 1.86 bits per heavy atom. The number of thioether (sulfide) groups is 1. The van der Waals surface area contributed by atoms with Crippen LogP contribution in [0.2, 0.25) is 0 Å². The van der Waals surface area contributed by atoms with E-state index in [2.05, 4.69) is 19.2 Å². The minimum Gasteiger partial charge on any atom is -0.508 e. The van der Waals surface area contributed by atoms with Crippen molar-refractivity contribution in [1.82, 2.24) is 5.32 Å². The Balaban J connectivity index is 1.76. The van der Waals surface area contributed by atoms with Crippen LogP contribution in [0.3, 0.4) is 0 Å². The number of hydrogen-bond donors (Lipinski definition) is 2. The number of carbonyl (C=O) groups is 1. The molecule has 2 rings (SSSR count). The van der Waals surface area contributed by atoms with E-state index in [1.165, 1.54) is 32.1 Å². The Labute approximate surface area is 137 Å². The highest BCUT2D eigenvalue weighted by Gasteiger charge is 2.23. The van der Waals surface area contributed by atoms with Crippen molar-refractivity contribution in [3.63, 3.8) is 0 Å². The van der Waals surface area contributed by atoms with Crippen molar-refractivity contribution in [2.75, 3.05) is 5.75 Å². The molecule has 4 heteroatoms. The average Bonchev–Trinajstić information content (AvgIpc) is 2.47. The van der Waals surface area contributed by atoms with Gasteiger partial charge in [0, 0.05) is 22.6 Å². The summed E-state index contributed by atoms with van der Waals surface area (Å²) in [7, 11) is 0. The van der Waals surface area contributed by atoms with Crippen molar-refractivity contribution >= 4 is 17.7 Å². The van der Waals surface area contributed by atoms with E-state index in [-0.39, 0.29) is 17.2 Å². The quantitative estimate of drug-likeness (QED) is 0.766. The third-order valence-corrected chi connectivity index (χ3v) is 5.58. The molecule has 122 valence electrons. The van der Waals surface area contributed by atoms with Gasteiger partial charge in [0.1, 0.15) is 5.75 Å². The van der Waals surface area contributed by atoms with Gasteiger partial charge in [0.25, 0.3) is 0 Å². The molecule has 1 saturated carbocycles. The fourth-order valence-electron chi connectivity index (χ4n) is 2.92. The van der Waals surface area contributed by atoms with Crippen molar-refractivity contribution in [3.05, 3.63) is 24.3 Å². The molecule has 1 aromatic carbocycles. The van der Waals surface area contributed by atoms with Crippen LogP contribution in [0.5, 0.6) is 5.75 Å². The lowest BCUT2D eigenvalue weighted by atomic mass is 9.86. The fraction of sp³-hybridized carbons (Fsp3) is 0.611. The molecule has 0 saturated heterocycles. The molecule has 1 aromatic rings. The van der Waals surface area contributed by atoms with Crippen LogP contribution >= 0.6 is 11.8 Å². The van der Waals surface area contributed by atoms with Crippen LogP contribution in [0.4, 0.5) is 0 Å². The zero-order valence-electron chi connectivity index (χ0n) is 13.6. The van der Waals surface area contributed by atoms with Crippen LogP contribution in [0.25, 0.3) is 0 Å². The summed E-state index contributed by atoms with van der Waals surface area (Å²) in [6.45, 7) is 4.14. The summed E-state index contributed by atoms with van der Waals surface area (Å²) in [5.41, 5.74) is -0.228. The monoisotopic (exact) mass is 321 g/mol. The van der Waals surface area contributed by atoms with Crippen molar-refractivity contribution in [2.24, 2.45) is 5.92 Å². The van der Waals surface area contributed by atoms with E-state index in [0.29, 0.717) is 12.3 Å². The summed E-state index contributed by atoms with van der Waals surface area (Å²) >= 11 is 1.70. The number of amides is 1. The molecule has 1 aliphatic rings. The molecular formula is C18H27NO2S. The van der Waals surface area contributed by atoms with Crippen LogP contribution in [-0.4, -0.2) is 22.3 Å².